The van der Waals surface area contributed by atoms with Crippen molar-refractivity contribution in [1.82, 2.24) is 10.3 Å². The van der Waals surface area contributed by atoms with E-state index in [4.69, 9.17) is 2.74 Å². The standard InChI is InChI=1S/C10H7F3N2O/c1-14-10(16)7-2-4-5(11)3-6(12)8(13)9(4)15-7/h2-3,15H,1H3,(H,14,16)/i2D,3D. The Morgan fingerprint density at radius 3 is 2.69 bits per heavy atom. The van der Waals surface area contributed by atoms with E-state index < -0.39 is 52.0 Å². The van der Waals surface area contributed by atoms with Crippen LogP contribution < -0.4 is 5.32 Å². The van der Waals surface area contributed by atoms with Gasteiger partial charge in [-0.05, 0) is 6.04 Å². The van der Waals surface area contributed by atoms with Crippen molar-refractivity contribution in [1.29, 1.82) is 0 Å². The molecular weight excluding hydrogens is 221 g/mol. The fraction of sp³-hybridized carbons (Fsp3) is 0.100. The van der Waals surface area contributed by atoms with Crippen LogP contribution in [0.5, 0.6) is 0 Å². The van der Waals surface area contributed by atoms with Crippen molar-refractivity contribution in [3.05, 3.63) is 35.2 Å². The number of aromatic nitrogens is 1. The predicted molar refractivity (Wildman–Crippen MR) is 51.6 cm³/mol. The van der Waals surface area contributed by atoms with E-state index in [0.29, 0.717) is 0 Å². The summed E-state index contributed by atoms with van der Waals surface area (Å²) < 4.78 is 54.9. The SMILES string of the molecule is [2H]c1c(F)c(F)c2[nH]c(C(=O)NC)c([2H])c2c1F. The zero-order chi connectivity index (χ0) is 13.6. The molecule has 1 aromatic carbocycles. The molecule has 1 heterocycles. The summed E-state index contributed by atoms with van der Waals surface area (Å²) in [5.41, 5.74) is -1.03. The lowest BCUT2D eigenvalue weighted by Crippen LogP contribution is -2.17. The number of carbonyl (C=O) groups is 1. The maximum Gasteiger partial charge on any atom is 0.267 e. The van der Waals surface area contributed by atoms with Gasteiger partial charge in [0, 0.05) is 18.5 Å². The van der Waals surface area contributed by atoms with E-state index in [9.17, 15) is 18.0 Å². The van der Waals surface area contributed by atoms with Gasteiger partial charge in [0.15, 0.2) is 11.6 Å². The van der Waals surface area contributed by atoms with Crippen LogP contribution in [0.3, 0.4) is 0 Å². The first-order chi connectivity index (χ1) is 8.40. The highest BCUT2D eigenvalue weighted by atomic mass is 19.2. The molecule has 0 saturated carbocycles. The Morgan fingerprint density at radius 1 is 1.38 bits per heavy atom. The third-order valence-corrected chi connectivity index (χ3v) is 2.06. The van der Waals surface area contributed by atoms with Crippen LogP contribution in [0.4, 0.5) is 13.2 Å². The van der Waals surface area contributed by atoms with Gasteiger partial charge in [-0.3, -0.25) is 4.79 Å². The molecule has 0 aliphatic carbocycles. The summed E-state index contributed by atoms with van der Waals surface area (Å²) in [7, 11) is 1.27. The second kappa shape index (κ2) is 3.55. The van der Waals surface area contributed by atoms with E-state index in [1.54, 1.807) is 0 Å². The molecule has 84 valence electrons. The van der Waals surface area contributed by atoms with Gasteiger partial charge in [0.2, 0.25) is 0 Å². The van der Waals surface area contributed by atoms with E-state index in [1.165, 1.54) is 7.05 Å². The van der Waals surface area contributed by atoms with Gasteiger partial charge < -0.3 is 10.3 Å². The molecule has 0 aliphatic rings. The Balaban J connectivity index is 2.93. The van der Waals surface area contributed by atoms with Gasteiger partial charge in [0.05, 0.1) is 8.26 Å². The summed E-state index contributed by atoms with van der Waals surface area (Å²) in [5, 5.41) is 1.56. The molecule has 6 heteroatoms. The smallest absolute Gasteiger partial charge is 0.267 e. The lowest BCUT2D eigenvalue weighted by atomic mass is 10.2. The predicted octanol–water partition coefficient (Wildman–Crippen LogP) is 1.94. The van der Waals surface area contributed by atoms with Crippen LogP contribution in [0.1, 0.15) is 13.2 Å². The molecule has 16 heavy (non-hydrogen) atoms. The maximum absolute atomic E-state index is 13.6. The van der Waals surface area contributed by atoms with Crippen LogP contribution in [-0.4, -0.2) is 17.9 Å². The minimum absolute atomic E-state index is 0.393. The summed E-state index contributed by atoms with van der Waals surface area (Å²) in [4.78, 5) is 13.5. The quantitative estimate of drug-likeness (QED) is 0.722. The third-order valence-electron chi connectivity index (χ3n) is 2.06. The van der Waals surface area contributed by atoms with Crippen molar-refractivity contribution >= 4 is 16.8 Å². The molecule has 2 aromatic rings. The van der Waals surface area contributed by atoms with E-state index in [0.717, 1.165) is 0 Å². The highest BCUT2D eigenvalue weighted by molar-refractivity contribution is 5.98. The molecule has 0 aliphatic heterocycles. The summed E-state index contributed by atoms with van der Waals surface area (Å²) in [5.74, 6) is -5.29. The average molecular weight is 230 g/mol. The van der Waals surface area contributed by atoms with E-state index in [1.807, 2.05) is 0 Å². The number of H-pyrrole nitrogens is 1. The van der Waals surface area contributed by atoms with Crippen molar-refractivity contribution in [3.63, 3.8) is 0 Å². The topological polar surface area (TPSA) is 44.9 Å². The number of nitrogens with one attached hydrogen (secondary N) is 2. The van der Waals surface area contributed by atoms with Crippen LogP contribution in [-0.2, 0) is 0 Å². The molecule has 0 fully saturated rings. The Kier molecular flexibility index (Phi) is 1.82. The number of halogens is 3. The molecule has 1 amide bonds. The Bertz CT molecular complexity index is 669. The van der Waals surface area contributed by atoms with E-state index in [-0.39, 0.29) is 0 Å². The molecule has 1 aromatic heterocycles. The average Bonchev–Trinajstić information content (AvgIpc) is 2.71. The largest absolute Gasteiger partial charge is 0.354 e. The first-order valence-electron chi connectivity index (χ1n) is 5.27. The van der Waals surface area contributed by atoms with Crippen LogP contribution in [0, 0.1) is 17.5 Å². The molecule has 0 bridgehead atoms. The number of fused-ring (bicyclic) bond motifs is 1. The van der Waals surface area contributed by atoms with Crippen molar-refractivity contribution in [2.24, 2.45) is 0 Å². The Morgan fingerprint density at radius 2 is 2.06 bits per heavy atom. The van der Waals surface area contributed by atoms with Gasteiger partial charge >= 0.3 is 0 Å². The number of aromatic amines is 1. The van der Waals surface area contributed by atoms with Crippen molar-refractivity contribution < 1.29 is 20.7 Å². The Hall–Kier alpha value is -1.98. The number of carbonyl (C=O) groups excluding carboxylic acids is 1. The van der Waals surface area contributed by atoms with Crippen molar-refractivity contribution in [2.45, 2.75) is 0 Å². The Labute approximate surface area is 91.1 Å². The normalized spacial score (nSPS) is 12.5. The molecule has 0 radical (unpaired) electrons. The van der Waals surface area contributed by atoms with Gasteiger partial charge in [0.25, 0.3) is 5.91 Å². The first kappa shape index (κ1) is 8.20. The number of amides is 1. The summed E-state index contributed by atoms with van der Waals surface area (Å²) in [6.45, 7) is 0. The number of benzene rings is 1. The highest BCUT2D eigenvalue weighted by Crippen LogP contribution is 2.24. The third kappa shape index (κ3) is 1.42. The first-order valence-corrected chi connectivity index (χ1v) is 4.27. The minimum atomic E-state index is -1.66. The highest BCUT2D eigenvalue weighted by Gasteiger charge is 2.17. The molecule has 0 atom stereocenters. The molecule has 2 rings (SSSR count). The number of hydrogen-bond acceptors (Lipinski definition) is 1. The van der Waals surface area contributed by atoms with Crippen LogP contribution >= 0.6 is 0 Å². The van der Waals surface area contributed by atoms with Gasteiger partial charge in [-0.15, -0.1) is 0 Å². The molecule has 0 spiro atoms. The zero-order valence-corrected chi connectivity index (χ0v) is 8.04. The van der Waals surface area contributed by atoms with Crippen LogP contribution in [0.2, 0.25) is 0 Å². The van der Waals surface area contributed by atoms with E-state index >= 15 is 0 Å². The molecule has 2 N–H and O–H groups in total. The van der Waals surface area contributed by atoms with Gasteiger partial charge in [0.1, 0.15) is 11.5 Å². The van der Waals surface area contributed by atoms with Gasteiger partial charge in [-0.1, -0.05) is 0 Å². The van der Waals surface area contributed by atoms with Crippen molar-refractivity contribution in [2.75, 3.05) is 7.05 Å². The zero-order valence-electron chi connectivity index (χ0n) is 10.0. The molecule has 0 saturated heterocycles. The number of rotatable bonds is 1. The molecule has 0 unspecified atom stereocenters. The van der Waals surface area contributed by atoms with Crippen molar-refractivity contribution in [3.8, 4) is 0 Å². The summed E-state index contributed by atoms with van der Waals surface area (Å²) in [6.07, 6.45) is 0. The van der Waals surface area contributed by atoms with E-state index in [2.05, 4.69) is 10.3 Å². The second-order valence-corrected chi connectivity index (χ2v) is 3.02. The summed E-state index contributed by atoms with van der Waals surface area (Å²) in [6, 6.07) is -1.88. The molecule has 3 nitrogen and oxygen atoms in total. The second-order valence-electron chi connectivity index (χ2n) is 3.02. The van der Waals surface area contributed by atoms with Crippen LogP contribution in [0.15, 0.2) is 12.1 Å². The summed E-state index contributed by atoms with van der Waals surface area (Å²) >= 11 is 0. The monoisotopic (exact) mass is 230 g/mol. The fourth-order valence-corrected chi connectivity index (χ4v) is 1.30. The minimum Gasteiger partial charge on any atom is -0.354 e. The lowest BCUT2D eigenvalue weighted by Gasteiger charge is -1.96. The number of hydrogen-bond donors (Lipinski definition) is 2. The van der Waals surface area contributed by atoms with Gasteiger partial charge in [-0.2, -0.15) is 0 Å². The maximum atomic E-state index is 13.6. The molecular formula is C10H7F3N2O. The lowest BCUT2D eigenvalue weighted by molar-refractivity contribution is 0.0959. The van der Waals surface area contributed by atoms with Gasteiger partial charge in [-0.25, -0.2) is 13.2 Å². The van der Waals surface area contributed by atoms with Crippen LogP contribution in [0.25, 0.3) is 10.9 Å². The fourth-order valence-electron chi connectivity index (χ4n) is 1.30.